The molecule has 0 amide bonds. The summed E-state index contributed by atoms with van der Waals surface area (Å²) in [5.74, 6) is 0. The first-order valence-electron chi connectivity index (χ1n) is 8.27. The number of nitro groups is 1. The van der Waals surface area contributed by atoms with E-state index < -0.39 is 11.0 Å². The molecule has 4 rings (SSSR count). The second-order valence-electron chi connectivity index (χ2n) is 6.44. The Kier molecular flexibility index (Phi) is 3.95. The summed E-state index contributed by atoms with van der Waals surface area (Å²) < 4.78 is 0. The minimum atomic E-state index is -0.731. The van der Waals surface area contributed by atoms with Crippen LogP contribution in [0.4, 0.5) is 5.69 Å². The molecule has 0 spiro atoms. The Hall–Kier alpha value is -2.76. The second-order valence-corrected chi connectivity index (χ2v) is 6.44. The van der Waals surface area contributed by atoms with E-state index in [1.165, 1.54) is 28.5 Å². The van der Waals surface area contributed by atoms with Crippen molar-refractivity contribution in [2.75, 3.05) is 13.1 Å². The van der Waals surface area contributed by atoms with Gasteiger partial charge in [-0.05, 0) is 28.0 Å². The highest BCUT2D eigenvalue weighted by Gasteiger charge is 2.36. The second kappa shape index (κ2) is 6.27. The molecule has 0 radical (unpaired) electrons. The highest BCUT2D eigenvalue weighted by atomic mass is 16.6. The van der Waals surface area contributed by atoms with Crippen LogP contribution in [0.15, 0.2) is 66.7 Å². The first-order chi connectivity index (χ1) is 12.1. The fourth-order valence-corrected chi connectivity index (χ4v) is 3.28. The summed E-state index contributed by atoms with van der Waals surface area (Å²) in [6.07, 6.45) is -0.731. The van der Waals surface area contributed by atoms with Gasteiger partial charge >= 0.3 is 0 Å². The largest absolute Gasteiger partial charge is 0.387 e. The molecule has 1 fully saturated rings. The molecule has 25 heavy (non-hydrogen) atoms. The summed E-state index contributed by atoms with van der Waals surface area (Å²) in [6, 6.07) is 21.2. The van der Waals surface area contributed by atoms with Crippen LogP contribution in [0.5, 0.6) is 0 Å². The van der Waals surface area contributed by atoms with Crippen LogP contribution in [0.25, 0.3) is 10.8 Å². The van der Waals surface area contributed by atoms with Crippen LogP contribution in [-0.2, 0) is 0 Å². The predicted octanol–water partition coefficient (Wildman–Crippen LogP) is 3.84. The fourth-order valence-electron chi connectivity index (χ4n) is 3.28. The third-order valence-corrected chi connectivity index (χ3v) is 4.75. The normalized spacial score (nSPS) is 20.4. The molecule has 5 nitrogen and oxygen atoms in total. The Labute approximate surface area is 145 Å². The van der Waals surface area contributed by atoms with Crippen LogP contribution in [-0.4, -0.2) is 28.0 Å². The van der Waals surface area contributed by atoms with E-state index in [4.69, 9.17) is 0 Å². The van der Waals surface area contributed by atoms with E-state index in [1.807, 2.05) is 12.1 Å². The summed E-state index contributed by atoms with van der Waals surface area (Å²) >= 11 is 0. The van der Waals surface area contributed by atoms with Gasteiger partial charge in [-0.1, -0.05) is 48.5 Å². The van der Waals surface area contributed by atoms with E-state index in [9.17, 15) is 15.2 Å². The van der Waals surface area contributed by atoms with Gasteiger partial charge in [-0.2, -0.15) is 0 Å². The molecule has 1 saturated heterocycles. The SMILES string of the molecule is O=[N+]([O-])c1cccc(C(O)CN2CC2c2ccc3ccccc3c2)c1. The molecule has 0 saturated carbocycles. The van der Waals surface area contributed by atoms with E-state index >= 15 is 0 Å². The number of aliphatic hydroxyl groups is 1. The van der Waals surface area contributed by atoms with Gasteiger partial charge in [-0.15, -0.1) is 0 Å². The molecular formula is C20H18N2O3. The molecule has 126 valence electrons. The van der Waals surface area contributed by atoms with Crippen LogP contribution in [0.1, 0.15) is 23.3 Å². The first-order valence-corrected chi connectivity index (χ1v) is 8.27. The summed E-state index contributed by atoms with van der Waals surface area (Å²) in [6.45, 7) is 1.36. The van der Waals surface area contributed by atoms with Gasteiger partial charge in [0, 0.05) is 31.3 Å². The molecule has 3 atom stereocenters. The van der Waals surface area contributed by atoms with Crippen LogP contribution in [0.3, 0.4) is 0 Å². The molecule has 3 aromatic rings. The van der Waals surface area contributed by atoms with Gasteiger partial charge in [0.25, 0.3) is 5.69 Å². The number of β-amino-alcohol motifs (C(OH)–C–C–N with tert-alkyl or cyclic N) is 1. The third-order valence-electron chi connectivity index (χ3n) is 4.75. The summed E-state index contributed by atoms with van der Waals surface area (Å²) in [7, 11) is 0. The summed E-state index contributed by atoms with van der Waals surface area (Å²) in [5, 5.41) is 23.7. The minimum Gasteiger partial charge on any atom is -0.387 e. The van der Waals surface area contributed by atoms with Crippen molar-refractivity contribution < 1.29 is 10.0 Å². The zero-order valence-corrected chi connectivity index (χ0v) is 13.6. The Morgan fingerprint density at radius 1 is 1.08 bits per heavy atom. The van der Waals surface area contributed by atoms with Crippen molar-refractivity contribution in [3.8, 4) is 0 Å². The van der Waals surface area contributed by atoms with Crippen molar-refractivity contribution in [1.29, 1.82) is 0 Å². The van der Waals surface area contributed by atoms with Crippen LogP contribution in [0.2, 0.25) is 0 Å². The lowest BCUT2D eigenvalue weighted by Crippen LogP contribution is -2.12. The number of hydrogen-bond donors (Lipinski definition) is 1. The quantitative estimate of drug-likeness (QED) is 0.437. The molecule has 1 aliphatic heterocycles. The molecule has 0 bridgehead atoms. The molecule has 3 unspecified atom stereocenters. The van der Waals surface area contributed by atoms with Crippen molar-refractivity contribution in [3.63, 3.8) is 0 Å². The number of benzene rings is 3. The first kappa shape index (κ1) is 15.7. The molecule has 1 N–H and O–H groups in total. The predicted molar refractivity (Wildman–Crippen MR) is 96.3 cm³/mol. The fraction of sp³-hybridized carbons (Fsp3) is 0.200. The maximum Gasteiger partial charge on any atom is 0.269 e. The standard InChI is InChI=1S/C20H18N2O3/c23-20(17-6-3-7-18(11-17)22(24)25)13-21-12-19(21)16-9-8-14-4-1-2-5-15(14)10-16/h1-11,19-20,23H,12-13H2. The van der Waals surface area contributed by atoms with Gasteiger partial charge in [-0.3, -0.25) is 15.0 Å². The summed E-state index contributed by atoms with van der Waals surface area (Å²) in [4.78, 5) is 12.6. The number of rotatable bonds is 5. The van der Waals surface area contributed by atoms with Gasteiger partial charge in [0.2, 0.25) is 0 Å². The van der Waals surface area contributed by atoms with E-state index in [0.717, 1.165) is 6.54 Å². The lowest BCUT2D eigenvalue weighted by molar-refractivity contribution is -0.385. The molecule has 5 heteroatoms. The number of fused-ring (bicyclic) bond motifs is 1. The summed E-state index contributed by atoms with van der Waals surface area (Å²) in [5.41, 5.74) is 1.83. The van der Waals surface area contributed by atoms with E-state index in [2.05, 4.69) is 35.2 Å². The highest BCUT2D eigenvalue weighted by Crippen LogP contribution is 2.37. The Bertz CT molecular complexity index is 941. The Balaban J connectivity index is 1.46. The number of hydrogen-bond acceptors (Lipinski definition) is 4. The van der Waals surface area contributed by atoms with Gasteiger partial charge in [0.15, 0.2) is 0 Å². The number of non-ortho nitro benzene ring substituents is 1. The number of nitrogens with zero attached hydrogens (tertiary/aromatic N) is 2. The highest BCUT2D eigenvalue weighted by molar-refractivity contribution is 5.83. The average molecular weight is 334 g/mol. The maximum absolute atomic E-state index is 10.9. The zero-order valence-electron chi connectivity index (χ0n) is 13.6. The Morgan fingerprint density at radius 3 is 2.68 bits per heavy atom. The molecule has 0 aromatic heterocycles. The van der Waals surface area contributed by atoms with E-state index in [1.54, 1.807) is 12.1 Å². The molecule has 1 heterocycles. The van der Waals surface area contributed by atoms with E-state index in [0.29, 0.717) is 18.2 Å². The molecular weight excluding hydrogens is 316 g/mol. The van der Waals surface area contributed by atoms with Crippen molar-refractivity contribution >= 4 is 16.5 Å². The van der Waals surface area contributed by atoms with Gasteiger partial charge in [-0.25, -0.2) is 0 Å². The van der Waals surface area contributed by atoms with Crippen LogP contribution < -0.4 is 0 Å². The van der Waals surface area contributed by atoms with Crippen LogP contribution >= 0.6 is 0 Å². The van der Waals surface area contributed by atoms with Crippen molar-refractivity contribution in [1.82, 2.24) is 4.90 Å². The van der Waals surface area contributed by atoms with E-state index in [-0.39, 0.29) is 5.69 Å². The lowest BCUT2D eigenvalue weighted by Gasteiger charge is -2.12. The minimum absolute atomic E-state index is 0.00780. The number of aliphatic hydroxyl groups excluding tert-OH is 1. The topological polar surface area (TPSA) is 66.4 Å². The third kappa shape index (κ3) is 3.24. The van der Waals surface area contributed by atoms with Gasteiger partial charge in [0.1, 0.15) is 0 Å². The average Bonchev–Trinajstić information content (AvgIpc) is 3.40. The Morgan fingerprint density at radius 2 is 1.88 bits per heavy atom. The van der Waals surface area contributed by atoms with Gasteiger partial charge < -0.3 is 5.11 Å². The van der Waals surface area contributed by atoms with Crippen LogP contribution in [0, 0.1) is 10.1 Å². The maximum atomic E-state index is 10.9. The number of nitro benzene ring substituents is 1. The lowest BCUT2D eigenvalue weighted by atomic mass is 10.1. The van der Waals surface area contributed by atoms with Gasteiger partial charge in [0.05, 0.1) is 11.0 Å². The van der Waals surface area contributed by atoms with Crippen molar-refractivity contribution in [2.24, 2.45) is 0 Å². The van der Waals surface area contributed by atoms with Crippen molar-refractivity contribution in [3.05, 3.63) is 88.0 Å². The molecule has 0 aliphatic carbocycles. The zero-order chi connectivity index (χ0) is 17.4. The molecule has 1 aliphatic rings. The molecule has 3 aromatic carbocycles. The monoisotopic (exact) mass is 334 g/mol. The smallest absolute Gasteiger partial charge is 0.269 e. The van der Waals surface area contributed by atoms with Crippen molar-refractivity contribution in [2.45, 2.75) is 12.1 Å².